The van der Waals surface area contributed by atoms with E-state index in [1.165, 1.54) is 35.5 Å². The maximum Gasteiger partial charge on any atom is 0.338 e. The van der Waals surface area contributed by atoms with E-state index < -0.39 is 28.0 Å². The summed E-state index contributed by atoms with van der Waals surface area (Å²) < 4.78 is 31.9. The number of sulfonamides is 1. The third-order valence-electron chi connectivity index (χ3n) is 4.03. The number of hydrogen-bond acceptors (Lipinski definition) is 5. The lowest BCUT2D eigenvalue weighted by atomic mass is 10.2. The molecule has 0 aromatic heterocycles. The van der Waals surface area contributed by atoms with E-state index in [1.54, 1.807) is 6.92 Å². The van der Waals surface area contributed by atoms with Crippen LogP contribution in [0.2, 0.25) is 0 Å². The molecule has 1 aromatic carbocycles. The van der Waals surface area contributed by atoms with Crippen molar-refractivity contribution < 1.29 is 22.7 Å². The van der Waals surface area contributed by atoms with Gasteiger partial charge in [-0.15, -0.1) is 0 Å². The number of piperidine rings is 1. The largest absolute Gasteiger partial charge is 0.449 e. The van der Waals surface area contributed by atoms with Crippen molar-refractivity contribution in [2.24, 2.45) is 0 Å². The van der Waals surface area contributed by atoms with Crippen molar-refractivity contribution in [1.29, 1.82) is 0 Å². The van der Waals surface area contributed by atoms with Gasteiger partial charge < -0.3 is 10.1 Å². The van der Waals surface area contributed by atoms with Crippen molar-refractivity contribution in [3.63, 3.8) is 0 Å². The first-order valence-electron chi connectivity index (χ1n) is 8.45. The van der Waals surface area contributed by atoms with Crippen LogP contribution in [0.25, 0.3) is 0 Å². The molecule has 0 bridgehead atoms. The Morgan fingerprint density at radius 1 is 1.24 bits per heavy atom. The minimum atomic E-state index is -3.63. The van der Waals surface area contributed by atoms with Crippen LogP contribution in [0.4, 0.5) is 0 Å². The number of ether oxygens (including phenoxy) is 1. The molecule has 0 saturated carbocycles. The van der Waals surface area contributed by atoms with Crippen LogP contribution in [0.5, 0.6) is 0 Å². The van der Waals surface area contributed by atoms with Gasteiger partial charge in [-0.05, 0) is 44.9 Å². The monoisotopic (exact) mass is 368 g/mol. The summed E-state index contributed by atoms with van der Waals surface area (Å²) >= 11 is 0. The molecule has 0 aliphatic carbocycles. The molecule has 0 unspecified atom stereocenters. The Kier molecular flexibility index (Phi) is 6.55. The lowest BCUT2D eigenvalue weighted by molar-refractivity contribution is -0.128. The molecule has 0 radical (unpaired) electrons. The van der Waals surface area contributed by atoms with Crippen LogP contribution in [0.1, 0.15) is 43.5 Å². The van der Waals surface area contributed by atoms with E-state index in [2.05, 4.69) is 5.32 Å². The molecule has 1 aliphatic rings. The van der Waals surface area contributed by atoms with Gasteiger partial charge in [0.15, 0.2) is 6.10 Å². The van der Waals surface area contributed by atoms with Crippen LogP contribution in [0.15, 0.2) is 29.2 Å². The van der Waals surface area contributed by atoms with Crippen LogP contribution in [-0.4, -0.2) is 50.3 Å². The van der Waals surface area contributed by atoms with E-state index in [4.69, 9.17) is 4.74 Å². The predicted octanol–water partition coefficient (Wildman–Crippen LogP) is 1.54. The minimum Gasteiger partial charge on any atom is -0.449 e. The molecule has 1 fully saturated rings. The fourth-order valence-electron chi connectivity index (χ4n) is 2.64. The summed E-state index contributed by atoms with van der Waals surface area (Å²) in [5.41, 5.74) is 0.106. The van der Waals surface area contributed by atoms with E-state index >= 15 is 0 Å². The van der Waals surface area contributed by atoms with Gasteiger partial charge in [-0.1, -0.05) is 12.5 Å². The number of carbonyl (C=O) groups is 2. The minimum absolute atomic E-state index is 0.0644. The second-order valence-corrected chi connectivity index (χ2v) is 7.87. The third-order valence-corrected chi connectivity index (χ3v) is 5.92. The Bertz CT molecular complexity index is 726. The number of esters is 1. The Morgan fingerprint density at radius 2 is 1.92 bits per heavy atom. The summed E-state index contributed by atoms with van der Waals surface area (Å²) in [4.78, 5) is 23.9. The fourth-order valence-corrected chi connectivity index (χ4v) is 4.20. The molecule has 7 nitrogen and oxygen atoms in total. The molecule has 1 atom stereocenters. The van der Waals surface area contributed by atoms with Crippen LogP contribution in [0, 0.1) is 0 Å². The summed E-state index contributed by atoms with van der Waals surface area (Å²) in [5, 5.41) is 2.56. The van der Waals surface area contributed by atoms with Crippen molar-refractivity contribution in [1.82, 2.24) is 9.62 Å². The van der Waals surface area contributed by atoms with Crippen molar-refractivity contribution in [3.8, 4) is 0 Å². The molecular weight excluding hydrogens is 344 g/mol. The van der Waals surface area contributed by atoms with E-state index in [0.29, 0.717) is 19.6 Å². The third kappa shape index (κ3) is 4.79. The molecule has 0 spiro atoms. The van der Waals surface area contributed by atoms with Crippen LogP contribution >= 0.6 is 0 Å². The molecule has 1 aromatic rings. The maximum atomic E-state index is 12.7. The average molecular weight is 368 g/mol. The Balaban J connectivity index is 2.15. The Morgan fingerprint density at radius 3 is 2.56 bits per heavy atom. The summed E-state index contributed by atoms with van der Waals surface area (Å²) in [6.45, 7) is 4.65. The van der Waals surface area contributed by atoms with Crippen molar-refractivity contribution in [2.45, 2.75) is 44.1 Å². The first kappa shape index (κ1) is 19.4. The van der Waals surface area contributed by atoms with Gasteiger partial charge in [0.2, 0.25) is 10.0 Å². The second-order valence-electron chi connectivity index (χ2n) is 5.93. The zero-order valence-corrected chi connectivity index (χ0v) is 15.3. The molecule has 8 heteroatoms. The highest BCUT2D eigenvalue weighted by Gasteiger charge is 2.27. The van der Waals surface area contributed by atoms with Gasteiger partial charge in [-0.25, -0.2) is 13.2 Å². The second kappa shape index (κ2) is 8.44. The lowest BCUT2D eigenvalue weighted by Crippen LogP contribution is -2.36. The number of amides is 1. The van der Waals surface area contributed by atoms with Gasteiger partial charge in [0.05, 0.1) is 10.5 Å². The molecule has 1 heterocycles. The smallest absolute Gasteiger partial charge is 0.338 e. The van der Waals surface area contributed by atoms with Gasteiger partial charge in [0, 0.05) is 19.6 Å². The van der Waals surface area contributed by atoms with Crippen molar-refractivity contribution in [3.05, 3.63) is 29.8 Å². The molecule has 1 saturated heterocycles. The van der Waals surface area contributed by atoms with Gasteiger partial charge in [-0.2, -0.15) is 4.31 Å². The number of likely N-dealkylation sites (N-methyl/N-ethyl adjacent to an activating group) is 1. The van der Waals surface area contributed by atoms with E-state index in [0.717, 1.165) is 19.3 Å². The molecule has 2 rings (SSSR count). The normalized spacial score (nSPS) is 16.9. The molecule has 1 N–H and O–H groups in total. The lowest BCUT2D eigenvalue weighted by Gasteiger charge is -2.26. The quantitative estimate of drug-likeness (QED) is 0.769. The highest BCUT2D eigenvalue weighted by molar-refractivity contribution is 7.89. The molecule has 25 heavy (non-hydrogen) atoms. The van der Waals surface area contributed by atoms with Crippen LogP contribution < -0.4 is 5.32 Å². The van der Waals surface area contributed by atoms with Crippen molar-refractivity contribution in [2.75, 3.05) is 19.6 Å². The number of nitrogens with zero attached hydrogens (tertiary/aromatic N) is 1. The summed E-state index contributed by atoms with van der Waals surface area (Å²) in [7, 11) is -3.63. The van der Waals surface area contributed by atoms with Gasteiger partial charge in [0.25, 0.3) is 5.91 Å². The van der Waals surface area contributed by atoms with Gasteiger partial charge in [0.1, 0.15) is 0 Å². The first-order chi connectivity index (χ1) is 11.9. The maximum absolute atomic E-state index is 12.7. The SMILES string of the molecule is CCNC(=O)[C@@H](C)OC(=O)c1cccc(S(=O)(=O)N2CCCCC2)c1. The molecule has 1 amide bonds. The van der Waals surface area contributed by atoms with Gasteiger partial charge >= 0.3 is 5.97 Å². The van der Waals surface area contributed by atoms with Gasteiger partial charge in [-0.3, -0.25) is 4.79 Å². The number of nitrogens with one attached hydrogen (secondary N) is 1. The molecule has 1 aliphatic heterocycles. The Hall–Kier alpha value is -1.93. The number of rotatable bonds is 6. The highest BCUT2D eigenvalue weighted by atomic mass is 32.2. The number of benzene rings is 1. The van der Waals surface area contributed by atoms with Crippen LogP contribution in [-0.2, 0) is 19.6 Å². The van der Waals surface area contributed by atoms with E-state index in [-0.39, 0.29) is 10.5 Å². The Labute approximate surface area is 148 Å². The van der Waals surface area contributed by atoms with Crippen LogP contribution in [0.3, 0.4) is 0 Å². The van der Waals surface area contributed by atoms with E-state index in [1.807, 2.05) is 0 Å². The highest BCUT2D eigenvalue weighted by Crippen LogP contribution is 2.21. The fraction of sp³-hybridized carbons (Fsp3) is 0.529. The molecular formula is C17H24N2O5S. The standard InChI is InChI=1S/C17H24N2O5S/c1-3-18-16(20)13(2)24-17(21)14-8-7-9-15(12-14)25(22,23)19-10-5-4-6-11-19/h7-9,12-13H,3-6,10-11H2,1-2H3,(H,18,20)/t13-/m1/s1. The molecule has 138 valence electrons. The van der Waals surface area contributed by atoms with Crippen molar-refractivity contribution >= 4 is 21.9 Å². The first-order valence-corrected chi connectivity index (χ1v) is 9.89. The zero-order chi connectivity index (χ0) is 18.4. The number of carbonyl (C=O) groups excluding carboxylic acids is 2. The average Bonchev–Trinajstić information content (AvgIpc) is 2.62. The number of hydrogen-bond donors (Lipinski definition) is 1. The summed E-state index contributed by atoms with van der Waals surface area (Å²) in [6.07, 6.45) is 1.75. The summed E-state index contributed by atoms with van der Waals surface area (Å²) in [5.74, 6) is -1.12. The topological polar surface area (TPSA) is 92.8 Å². The van der Waals surface area contributed by atoms with E-state index in [9.17, 15) is 18.0 Å². The zero-order valence-electron chi connectivity index (χ0n) is 14.5. The predicted molar refractivity (Wildman–Crippen MR) is 92.6 cm³/mol. The summed E-state index contributed by atoms with van der Waals surface area (Å²) in [6, 6.07) is 5.75.